The summed E-state index contributed by atoms with van der Waals surface area (Å²) < 4.78 is 10.2. The molecule has 0 rings (SSSR count). The zero-order valence-electron chi connectivity index (χ0n) is 10.9. The van der Waals surface area contributed by atoms with Gasteiger partial charge in [-0.25, -0.2) is 0 Å². The number of hydrogen-bond donors (Lipinski definition) is 1. The molecule has 0 aliphatic heterocycles. The highest BCUT2D eigenvalue weighted by atomic mass is 16.5. The summed E-state index contributed by atoms with van der Waals surface area (Å²) >= 11 is 0. The number of rotatable bonds is 9. The SMILES string of the molecule is COCCC(C)NCC(C)(C)CCOC. The summed E-state index contributed by atoms with van der Waals surface area (Å²) in [4.78, 5) is 0. The second-order valence-electron chi connectivity index (χ2n) is 4.97. The number of hydrogen-bond acceptors (Lipinski definition) is 3. The van der Waals surface area contributed by atoms with Crippen molar-refractivity contribution in [3.05, 3.63) is 0 Å². The van der Waals surface area contributed by atoms with Crippen molar-refractivity contribution < 1.29 is 9.47 Å². The van der Waals surface area contributed by atoms with Gasteiger partial charge in [-0.2, -0.15) is 0 Å². The molecule has 0 aromatic carbocycles. The Morgan fingerprint density at radius 1 is 1.13 bits per heavy atom. The van der Waals surface area contributed by atoms with E-state index < -0.39 is 0 Å². The molecule has 0 aliphatic rings. The van der Waals surface area contributed by atoms with Crippen molar-refractivity contribution in [2.24, 2.45) is 5.41 Å². The van der Waals surface area contributed by atoms with Gasteiger partial charge in [0.15, 0.2) is 0 Å². The Hall–Kier alpha value is -0.120. The van der Waals surface area contributed by atoms with E-state index in [1.165, 1.54) is 0 Å². The summed E-state index contributed by atoms with van der Waals surface area (Å²) in [6, 6.07) is 0.520. The van der Waals surface area contributed by atoms with Crippen LogP contribution in [0.15, 0.2) is 0 Å². The Balaban J connectivity index is 3.62. The van der Waals surface area contributed by atoms with E-state index >= 15 is 0 Å². The van der Waals surface area contributed by atoms with E-state index in [1.54, 1.807) is 14.2 Å². The molecule has 0 aromatic rings. The first-order chi connectivity index (χ1) is 7.02. The summed E-state index contributed by atoms with van der Waals surface area (Å²) in [6.07, 6.45) is 2.16. The van der Waals surface area contributed by atoms with Gasteiger partial charge in [0.1, 0.15) is 0 Å². The van der Waals surface area contributed by atoms with Crippen molar-refractivity contribution >= 4 is 0 Å². The first kappa shape index (κ1) is 14.9. The van der Waals surface area contributed by atoms with Crippen molar-refractivity contribution in [3.8, 4) is 0 Å². The lowest BCUT2D eigenvalue weighted by Gasteiger charge is -2.27. The minimum absolute atomic E-state index is 0.303. The molecule has 0 saturated heterocycles. The van der Waals surface area contributed by atoms with Gasteiger partial charge in [-0.3, -0.25) is 0 Å². The smallest absolute Gasteiger partial charge is 0.0476 e. The molecule has 0 heterocycles. The Labute approximate surface area is 94.5 Å². The van der Waals surface area contributed by atoms with Gasteiger partial charge in [-0.05, 0) is 25.2 Å². The molecule has 3 heteroatoms. The standard InChI is InChI=1S/C12H27NO2/c1-11(6-8-14-4)13-10-12(2,3)7-9-15-5/h11,13H,6-10H2,1-5H3. The second kappa shape index (κ2) is 8.08. The van der Waals surface area contributed by atoms with Gasteiger partial charge in [-0.15, -0.1) is 0 Å². The first-order valence-corrected chi connectivity index (χ1v) is 5.73. The van der Waals surface area contributed by atoms with Gasteiger partial charge < -0.3 is 14.8 Å². The lowest BCUT2D eigenvalue weighted by atomic mass is 9.89. The van der Waals surface area contributed by atoms with Gasteiger partial charge in [-0.1, -0.05) is 13.8 Å². The van der Waals surface area contributed by atoms with Gasteiger partial charge in [0.05, 0.1) is 0 Å². The van der Waals surface area contributed by atoms with Crippen LogP contribution in [0.4, 0.5) is 0 Å². The van der Waals surface area contributed by atoms with Crippen molar-refractivity contribution in [1.82, 2.24) is 5.32 Å². The van der Waals surface area contributed by atoms with Gasteiger partial charge in [0.2, 0.25) is 0 Å². The van der Waals surface area contributed by atoms with Crippen LogP contribution in [0.3, 0.4) is 0 Å². The Kier molecular flexibility index (Phi) is 8.02. The Morgan fingerprint density at radius 2 is 1.73 bits per heavy atom. The maximum absolute atomic E-state index is 5.10. The maximum Gasteiger partial charge on any atom is 0.0476 e. The van der Waals surface area contributed by atoms with Gasteiger partial charge >= 0.3 is 0 Å². The van der Waals surface area contributed by atoms with Gasteiger partial charge in [0, 0.05) is 40.0 Å². The molecule has 15 heavy (non-hydrogen) atoms. The minimum atomic E-state index is 0.303. The molecule has 0 aliphatic carbocycles. The van der Waals surface area contributed by atoms with Crippen LogP contribution in [0.1, 0.15) is 33.6 Å². The molecule has 3 nitrogen and oxygen atoms in total. The normalized spacial score (nSPS) is 14.2. The zero-order valence-corrected chi connectivity index (χ0v) is 10.9. The van der Waals surface area contributed by atoms with Crippen LogP contribution >= 0.6 is 0 Å². The molecule has 0 aromatic heterocycles. The van der Waals surface area contributed by atoms with Crippen LogP contribution in [0.5, 0.6) is 0 Å². The van der Waals surface area contributed by atoms with E-state index in [1.807, 2.05) is 0 Å². The van der Waals surface area contributed by atoms with Crippen molar-refractivity contribution in [3.63, 3.8) is 0 Å². The molecule has 0 spiro atoms. The van der Waals surface area contributed by atoms with Crippen molar-refractivity contribution in [2.75, 3.05) is 34.0 Å². The van der Waals surface area contributed by atoms with Crippen LogP contribution in [0, 0.1) is 5.41 Å². The number of nitrogens with one attached hydrogen (secondary N) is 1. The molecule has 1 N–H and O–H groups in total. The van der Waals surface area contributed by atoms with E-state index in [0.717, 1.165) is 32.6 Å². The third-order valence-electron chi connectivity index (χ3n) is 2.67. The molecule has 1 unspecified atom stereocenters. The second-order valence-corrected chi connectivity index (χ2v) is 4.97. The zero-order chi connectivity index (χ0) is 11.7. The van der Waals surface area contributed by atoms with Gasteiger partial charge in [0.25, 0.3) is 0 Å². The molecule has 92 valence electrons. The summed E-state index contributed by atoms with van der Waals surface area (Å²) in [5, 5.41) is 3.53. The van der Waals surface area contributed by atoms with Crippen LogP contribution in [-0.2, 0) is 9.47 Å². The first-order valence-electron chi connectivity index (χ1n) is 5.73. The monoisotopic (exact) mass is 217 g/mol. The van der Waals surface area contributed by atoms with Crippen LogP contribution in [0.25, 0.3) is 0 Å². The molecule has 0 bridgehead atoms. The van der Waals surface area contributed by atoms with E-state index in [4.69, 9.17) is 9.47 Å². The highest BCUT2D eigenvalue weighted by Crippen LogP contribution is 2.19. The van der Waals surface area contributed by atoms with Crippen molar-refractivity contribution in [2.45, 2.75) is 39.7 Å². The molecule has 0 radical (unpaired) electrons. The number of methoxy groups -OCH3 is 2. The third-order valence-corrected chi connectivity index (χ3v) is 2.67. The maximum atomic E-state index is 5.10. The Bertz CT molecular complexity index is 149. The predicted octanol–water partition coefficient (Wildman–Crippen LogP) is 2.06. The molecular weight excluding hydrogens is 190 g/mol. The van der Waals surface area contributed by atoms with Crippen LogP contribution in [0.2, 0.25) is 0 Å². The summed E-state index contributed by atoms with van der Waals surface area (Å²) in [5.41, 5.74) is 0.303. The average Bonchev–Trinajstić information content (AvgIpc) is 2.21. The minimum Gasteiger partial charge on any atom is -0.385 e. The molecule has 0 fully saturated rings. The fourth-order valence-electron chi connectivity index (χ4n) is 1.31. The largest absolute Gasteiger partial charge is 0.385 e. The average molecular weight is 217 g/mol. The van der Waals surface area contributed by atoms with Crippen LogP contribution in [-0.4, -0.2) is 40.0 Å². The van der Waals surface area contributed by atoms with E-state index in [0.29, 0.717) is 11.5 Å². The lowest BCUT2D eigenvalue weighted by Crippen LogP contribution is -2.36. The quantitative estimate of drug-likeness (QED) is 0.641. The molecule has 1 atom stereocenters. The summed E-state index contributed by atoms with van der Waals surface area (Å²) in [6.45, 7) is 9.42. The predicted molar refractivity (Wildman–Crippen MR) is 64.2 cm³/mol. The fourth-order valence-corrected chi connectivity index (χ4v) is 1.31. The van der Waals surface area contributed by atoms with Crippen molar-refractivity contribution in [1.29, 1.82) is 0 Å². The summed E-state index contributed by atoms with van der Waals surface area (Å²) in [5.74, 6) is 0. The van der Waals surface area contributed by atoms with E-state index in [9.17, 15) is 0 Å². The highest BCUT2D eigenvalue weighted by molar-refractivity contribution is 4.73. The van der Waals surface area contributed by atoms with Crippen LogP contribution < -0.4 is 5.32 Å². The van der Waals surface area contributed by atoms with E-state index in [2.05, 4.69) is 26.1 Å². The summed E-state index contributed by atoms with van der Waals surface area (Å²) in [7, 11) is 3.50. The highest BCUT2D eigenvalue weighted by Gasteiger charge is 2.17. The lowest BCUT2D eigenvalue weighted by molar-refractivity contribution is 0.145. The third kappa shape index (κ3) is 8.85. The van der Waals surface area contributed by atoms with E-state index in [-0.39, 0.29) is 0 Å². The molecular formula is C12H27NO2. The fraction of sp³-hybridized carbons (Fsp3) is 1.00. The molecule has 0 amide bonds. The number of ether oxygens (including phenoxy) is 2. The Morgan fingerprint density at radius 3 is 2.27 bits per heavy atom. The molecule has 0 saturated carbocycles. The topological polar surface area (TPSA) is 30.5 Å².